The van der Waals surface area contributed by atoms with Gasteiger partial charge in [0, 0.05) is 20.8 Å². The van der Waals surface area contributed by atoms with E-state index < -0.39 is 42.4 Å². The molecule has 1 saturated heterocycles. The lowest BCUT2D eigenvalue weighted by atomic mass is 10.1. The highest BCUT2D eigenvalue weighted by Gasteiger charge is 2.51. The molecule has 13 nitrogen and oxygen atoms in total. The van der Waals surface area contributed by atoms with Crippen LogP contribution in [0.3, 0.4) is 0 Å². The lowest BCUT2D eigenvalue weighted by Crippen LogP contribution is -2.40. The van der Waals surface area contributed by atoms with Gasteiger partial charge in [-0.1, -0.05) is 0 Å². The Balaban J connectivity index is 2.08. The molecule has 0 aliphatic carbocycles. The number of carbonyl (C=O) groups excluding carboxylic acids is 3. The first-order valence-electron chi connectivity index (χ1n) is 8.88. The van der Waals surface area contributed by atoms with E-state index in [0.717, 1.165) is 0 Å². The summed E-state index contributed by atoms with van der Waals surface area (Å²) in [6.07, 6.45) is -2.97. The molecular weight excluding hydrogens is 402 g/mol. The Bertz CT molecular complexity index is 976. The minimum atomic E-state index is -1.11. The molecule has 1 fully saturated rings. The number of carbonyl (C=O) groups is 3. The smallest absolute Gasteiger partial charge is 0.303 e. The molecule has 162 valence electrons. The van der Waals surface area contributed by atoms with E-state index >= 15 is 0 Å². The van der Waals surface area contributed by atoms with Gasteiger partial charge < -0.3 is 29.4 Å². The largest absolute Gasteiger partial charge is 0.479 e. The summed E-state index contributed by atoms with van der Waals surface area (Å²) in [6.45, 7) is 3.38. The summed E-state index contributed by atoms with van der Waals surface area (Å²) in [4.78, 5) is 42.8. The molecule has 4 atom stereocenters. The Morgan fingerprint density at radius 1 is 1.10 bits per heavy atom. The van der Waals surface area contributed by atoms with E-state index in [0.29, 0.717) is 5.39 Å². The summed E-state index contributed by atoms with van der Waals surface area (Å²) in [5.74, 6) is -1.58. The van der Waals surface area contributed by atoms with Crippen LogP contribution in [0, 0.1) is 0 Å². The van der Waals surface area contributed by atoms with Crippen molar-refractivity contribution in [3.8, 4) is 5.88 Å². The quantitative estimate of drug-likeness (QED) is 0.478. The van der Waals surface area contributed by atoms with Crippen molar-refractivity contribution in [2.24, 2.45) is 0 Å². The van der Waals surface area contributed by atoms with E-state index in [1.54, 1.807) is 0 Å². The molecule has 0 spiro atoms. The standard InChI is InChI=1S/C17H21N5O8/c1-7(23)27-5-10-12(28-8(2)24)13(29-9(3)25)17(30-10)22-15-11(16(21-22)26-4)14(18)19-6-20-15/h6,10,12-13,17H,5H2,1-4H3,(H2,18,19,20)/t10-,12-,13-,17-/m1/s1. The first-order valence-corrected chi connectivity index (χ1v) is 8.88. The molecule has 2 aromatic rings. The number of anilines is 1. The van der Waals surface area contributed by atoms with Crippen molar-refractivity contribution in [1.82, 2.24) is 19.7 Å². The lowest BCUT2D eigenvalue weighted by molar-refractivity contribution is -0.166. The number of nitrogens with zero attached hydrogens (tertiary/aromatic N) is 4. The molecule has 1 aliphatic heterocycles. The molecule has 3 rings (SSSR count). The summed E-state index contributed by atoms with van der Waals surface area (Å²) in [7, 11) is 1.39. The number of nitrogen functional groups attached to an aromatic ring is 1. The second-order valence-corrected chi connectivity index (χ2v) is 6.43. The summed E-state index contributed by atoms with van der Waals surface area (Å²) < 4.78 is 28.2. The number of methoxy groups -OCH3 is 1. The highest BCUT2D eigenvalue weighted by atomic mass is 16.7. The highest BCUT2D eigenvalue weighted by Crippen LogP contribution is 2.38. The first kappa shape index (κ1) is 21.2. The van der Waals surface area contributed by atoms with E-state index in [1.165, 1.54) is 38.9 Å². The van der Waals surface area contributed by atoms with Gasteiger partial charge in [0.15, 0.2) is 24.1 Å². The van der Waals surface area contributed by atoms with Crippen LogP contribution in [0.5, 0.6) is 5.88 Å². The molecule has 0 aromatic carbocycles. The molecule has 13 heteroatoms. The van der Waals surface area contributed by atoms with E-state index in [9.17, 15) is 14.4 Å². The molecule has 1 aliphatic rings. The second kappa shape index (κ2) is 8.49. The maximum Gasteiger partial charge on any atom is 0.303 e. The van der Waals surface area contributed by atoms with Gasteiger partial charge in [-0.3, -0.25) is 14.4 Å². The fourth-order valence-corrected chi connectivity index (χ4v) is 3.17. The minimum absolute atomic E-state index is 0.123. The van der Waals surface area contributed by atoms with Crippen molar-refractivity contribution < 1.29 is 38.1 Å². The number of nitrogens with two attached hydrogens (primary N) is 1. The summed E-state index contributed by atoms with van der Waals surface area (Å²) in [5.41, 5.74) is 6.17. The van der Waals surface area contributed by atoms with Crippen LogP contribution in [-0.2, 0) is 33.3 Å². The Labute approximate surface area is 170 Å². The molecular formula is C17H21N5O8. The molecule has 0 saturated carbocycles. The maximum atomic E-state index is 11.8. The third-order valence-electron chi connectivity index (χ3n) is 4.26. The van der Waals surface area contributed by atoms with Gasteiger partial charge in [-0.25, -0.2) is 14.6 Å². The Morgan fingerprint density at radius 2 is 1.77 bits per heavy atom. The van der Waals surface area contributed by atoms with Crippen molar-refractivity contribution in [2.75, 3.05) is 19.5 Å². The van der Waals surface area contributed by atoms with Crippen LogP contribution in [0.15, 0.2) is 6.33 Å². The zero-order valence-electron chi connectivity index (χ0n) is 16.7. The zero-order valence-corrected chi connectivity index (χ0v) is 16.7. The van der Waals surface area contributed by atoms with Gasteiger partial charge in [0.25, 0.3) is 0 Å². The van der Waals surface area contributed by atoms with Crippen molar-refractivity contribution in [2.45, 2.75) is 45.3 Å². The molecule has 0 amide bonds. The topological polar surface area (TPSA) is 167 Å². The SMILES string of the molecule is COc1nn([C@@H]2O[C@H](COC(C)=O)[C@@H](OC(C)=O)[C@H]2OC(C)=O)c2ncnc(N)c12. The Kier molecular flexibility index (Phi) is 6.01. The predicted molar refractivity (Wildman–Crippen MR) is 97.9 cm³/mol. The average molecular weight is 423 g/mol. The molecule has 0 bridgehead atoms. The Morgan fingerprint density at radius 3 is 2.37 bits per heavy atom. The van der Waals surface area contributed by atoms with E-state index in [2.05, 4.69) is 15.1 Å². The molecule has 0 radical (unpaired) electrons. The average Bonchev–Trinajstić information content (AvgIpc) is 3.19. The summed E-state index contributed by atoms with van der Waals surface area (Å²) in [6, 6.07) is 0. The normalized spacial score (nSPS) is 23.2. The van der Waals surface area contributed by atoms with Crippen LogP contribution in [0.2, 0.25) is 0 Å². The number of aromatic nitrogens is 4. The third-order valence-corrected chi connectivity index (χ3v) is 4.26. The van der Waals surface area contributed by atoms with Crippen LogP contribution in [0.4, 0.5) is 5.82 Å². The van der Waals surface area contributed by atoms with Gasteiger partial charge in [-0.2, -0.15) is 0 Å². The molecule has 30 heavy (non-hydrogen) atoms. The zero-order chi connectivity index (χ0) is 22.0. The number of hydrogen-bond acceptors (Lipinski definition) is 12. The Hall–Kier alpha value is -3.48. The van der Waals surface area contributed by atoms with Crippen LogP contribution < -0.4 is 10.5 Å². The summed E-state index contributed by atoms with van der Waals surface area (Å²) >= 11 is 0. The van der Waals surface area contributed by atoms with Gasteiger partial charge >= 0.3 is 17.9 Å². The fraction of sp³-hybridized carbons (Fsp3) is 0.529. The second-order valence-electron chi connectivity index (χ2n) is 6.43. The molecule has 2 N–H and O–H groups in total. The predicted octanol–water partition coefficient (Wildman–Crippen LogP) is -0.259. The first-order chi connectivity index (χ1) is 14.2. The molecule has 3 heterocycles. The fourth-order valence-electron chi connectivity index (χ4n) is 3.17. The van der Waals surface area contributed by atoms with Gasteiger partial charge in [0.2, 0.25) is 5.88 Å². The number of hydrogen-bond donors (Lipinski definition) is 1. The van der Waals surface area contributed by atoms with Crippen LogP contribution in [-0.4, -0.2) is 69.7 Å². The molecule has 2 aromatic heterocycles. The number of rotatable bonds is 6. The third kappa shape index (κ3) is 4.10. The minimum Gasteiger partial charge on any atom is -0.479 e. The van der Waals surface area contributed by atoms with Crippen molar-refractivity contribution in [1.29, 1.82) is 0 Å². The maximum absolute atomic E-state index is 11.8. The van der Waals surface area contributed by atoms with E-state index in [1.807, 2.05) is 0 Å². The molecule has 0 unspecified atom stereocenters. The van der Waals surface area contributed by atoms with Crippen LogP contribution >= 0.6 is 0 Å². The monoisotopic (exact) mass is 423 g/mol. The summed E-state index contributed by atoms with van der Waals surface area (Å²) in [5, 5.41) is 4.63. The van der Waals surface area contributed by atoms with Crippen LogP contribution in [0.1, 0.15) is 27.0 Å². The van der Waals surface area contributed by atoms with Gasteiger partial charge in [-0.15, -0.1) is 5.10 Å². The number of esters is 3. The van der Waals surface area contributed by atoms with E-state index in [-0.39, 0.29) is 24.0 Å². The van der Waals surface area contributed by atoms with Crippen molar-refractivity contribution in [3.05, 3.63) is 6.33 Å². The van der Waals surface area contributed by atoms with Gasteiger partial charge in [-0.05, 0) is 0 Å². The number of fused-ring (bicyclic) bond motifs is 1. The van der Waals surface area contributed by atoms with E-state index in [4.69, 9.17) is 29.4 Å². The van der Waals surface area contributed by atoms with Gasteiger partial charge in [0.1, 0.15) is 30.2 Å². The lowest BCUT2D eigenvalue weighted by Gasteiger charge is -2.23. The van der Waals surface area contributed by atoms with Gasteiger partial charge in [0.05, 0.1) is 7.11 Å². The van der Waals surface area contributed by atoms with Crippen molar-refractivity contribution in [3.63, 3.8) is 0 Å². The number of ether oxygens (including phenoxy) is 5. The van der Waals surface area contributed by atoms with Crippen molar-refractivity contribution >= 4 is 34.8 Å². The van der Waals surface area contributed by atoms with Crippen LogP contribution in [0.25, 0.3) is 11.0 Å². The highest BCUT2D eigenvalue weighted by molar-refractivity contribution is 5.90.